The van der Waals surface area contributed by atoms with Gasteiger partial charge in [0.25, 0.3) is 0 Å². The third-order valence-electron chi connectivity index (χ3n) is 3.76. The minimum absolute atomic E-state index is 0.0332. The first kappa shape index (κ1) is 14.8. The molecule has 1 aliphatic heterocycles. The molecular weight excluding hydrogens is 292 g/mol. The molecule has 0 aliphatic carbocycles. The number of benzene rings is 2. The Kier molecular flexibility index (Phi) is 3.85. The average Bonchev–Trinajstić information content (AvgIpc) is 2.55. The van der Waals surface area contributed by atoms with E-state index in [4.69, 9.17) is 0 Å². The molecule has 1 atom stereocenters. The van der Waals surface area contributed by atoms with Crippen molar-refractivity contribution in [2.45, 2.75) is 13.0 Å². The van der Waals surface area contributed by atoms with E-state index in [1.165, 1.54) is 13.0 Å². The molecule has 5 heteroatoms. The highest BCUT2D eigenvalue weighted by Crippen LogP contribution is 2.35. The van der Waals surface area contributed by atoms with Crippen molar-refractivity contribution in [3.63, 3.8) is 0 Å². The number of Topliss-reactive ketones (excluding diaryl/α,β-unsaturated/α-hetero) is 1. The lowest BCUT2D eigenvalue weighted by Gasteiger charge is -2.29. The van der Waals surface area contributed by atoms with E-state index in [0.29, 0.717) is 16.8 Å². The molecule has 1 aliphatic rings. The molecule has 2 aromatic rings. The Bertz CT molecular complexity index is 797. The topological polar surface area (TPSA) is 78.4 Å². The van der Waals surface area contributed by atoms with Crippen LogP contribution in [0, 0.1) is 0 Å². The molecule has 2 amide bonds. The van der Waals surface area contributed by atoms with Crippen molar-refractivity contribution in [2.75, 3.05) is 0 Å². The number of hydrogen-bond donors (Lipinski definition) is 3. The molecule has 0 bridgehead atoms. The summed E-state index contributed by atoms with van der Waals surface area (Å²) in [4.78, 5) is 24.3. The van der Waals surface area contributed by atoms with Gasteiger partial charge in [-0.1, -0.05) is 48.5 Å². The zero-order valence-corrected chi connectivity index (χ0v) is 12.5. The van der Waals surface area contributed by atoms with Crippen LogP contribution in [0.5, 0.6) is 5.75 Å². The normalized spacial score (nSPS) is 17.4. The van der Waals surface area contributed by atoms with Gasteiger partial charge in [0, 0.05) is 11.1 Å². The molecule has 3 N–H and O–H groups in total. The number of carbonyl (C=O) groups is 2. The van der Waals surface area contributed by atoms with Gasteiger partial charge in [0.1, 0.15) is 5.75 Å². The van der Waals surface area contributed by atoms with Crippen molar-refractivity contribution in [3.8, 4) is 5.75 Å². The Labute approximate surface area is 133 Å². The first-order chi connectivity index (χ1) is 11.1. The smallest absolute Gasteiger partial charge is 0.320 e. The second-order valence-corrected chi connectivity index (χ2v) is 5.30. The van der Waals surface area contributed by atoms with Crippen molar-refractivity contribution in [1.82, 2.24) is 10.6 Å². The Morgan fingerprint density at radius 2 is 1.70 bits per heavy atom. The number of para-hydroxylation sites is 1. The summed E-state index contributed by atoms with van der Waals surface area (Å²) in [6.45, 7) is 1.45. The fraction of sp³-hybridized carbons (Fsp3) is 0.111. The monoisotopic (exact) mass is 308 g/mol. The van der Waals surface area contributed by atoms with E-state index in [0.717, 1.165) is 5.56 Å². The molecule has 0 spiro atoms. The summed E-state index contributed by atoms with van der Waals surface area (Å²) in [6, 6.07) is 14.7. The number of aromatic hydroxyl groups is 1. The number of hydrogen-bond acceptors (Lipinski definition) is 3. The molecule has 0 saturated heterocycles. The zero-order valence-electron chi connectivity index (χ0n) is 12.5. The standard InChI is InChI=1S/C18H16N2O3/c1-11(21)15-16(12-7-3-2-4-8-12)19-18(23)20-17(15)13-9-5-6-10-14(13)22/h2-10,17,22H,1H3,(H2,19,20,23)/t17-/m0/s1. The van der Waals surface area contributed by atoms with Crippen LogP contribution < -0.4 is 10.6 Å². The summed E-state index contributed by atoms with van der Waals surface area (Å²) in [5.41, 5.74) is 2.11. The Balaban J connectivity index is 2.21. The quantitative estimate of drug-likeness (QED) is 0.816. The second kappa shape index (κ2) is 5.96. The molecule has 5 nitrogen and oxygen atoms in total. The fourth-order valence-electron chi connectivity index (χ4n) is 2.74. The van der Waals surface area contributed by atoms with Gasteiger partial charge in [0.2, 0.25) is 0 Å². The largest absolute Gasteiger partial charge is 0.508 e. The minimum Gasteiger partial charge on any atom is -0.508 e. The van der Waals surface area contributed by atoms with E-state index in [1.54, 1.807) is 18.2 Å². The summed E-state index contributed by atoms with van der Waals surface area (Å²) in [5.74, 6) is -0.143. The molecule has 116 valence electrons. The van der Waals surface area contributed by atoms with Gasteiger partial charge in [-0.2, -0.15) is 0 Å². The summed E-state index contributed by atoms with van der Waals surface area (Å²) in [6.07, 6.45) is 0. The highest BCUT2D eigenvalue weighted by Gasteiger charge is 2.32. The number of nitrogens with one attached hydrogen (secondary N) is 2. The van der Waals surface area contributed by atoms with E-state index in [9.17, 15) is 14.7 Å². The van der Waals surface area contributed by atoms with E-state index in [-0.39, 0.29) is 11.5 Å². The van der Waals surface area contributed by atoms with E-state index in [1.807, 2.05) is 30.3 Å². The highest BCUT2D eigenvalue weighted by molar-refractivity contribution is 6.07. The number of phenols is 1. The molecule has 0 aromatic heterocycles. The van der Waals surface area contributed by atoms with Crippen LogP contribution in [-0.4, -0.2) is 16.9 Å². The van der Waals surface area contributed by atoms with Crippen LogP contribution in [0.2, 0.25) is 0 Å². The summed E-state index contributed by atoms with van der Waals surface area (Å²) < 4.78 is 0. The average molecular weight is 308 g/mol. The van der Waals surface area contributed by atoms with Gasteiger partial charge < -0.3 is 15.7 Å². The summed E-state index contributed by atoms with van der Waals surface area (Å²) >= 11 is 0. The summed E-state index contributed by atoms with van der Waals surface area (Å²) in [7, 11) is 0. The number of urea groups is 1. The molecule has 0 fully saturated rings. The van der Waals surface area contributed by atoms with Gasteiger partial charge in [-0.05, 0) is 18.6 Å². The maximum Gasteiger partial charge on any atom is 0.320 e. The van der Waals surface area contributed by atoms with E-state index < -0.39 is 12.1 Å². The molecule has 0 unspecified atom stereocenters. The number of carbonyl (C=O) groups excluding carboxylic acids is 2. The SMILES string of the molecule is CC(=O)C1=C(c2ccccc2)NC(=O)N[C@H]1c1ccccc1O. The third kappa shape index (κ3) is 2.81. The van der Waals surface area contributed by atoms with Crippen molar-refractivity contribution >= 4 is 17.5 Å². The van der Waals surface area contributed by atoms with Crippen LogP contribution >= 0.6 is 0 Å². The summed E-state index contributed by atoms with van der Waals surface area (Å²) in [5, 5.41) is 15.5. The molecular formula is C18H16N2O3. The predicted molar refractivity (Wildman–Crippen MR) is 86.6 cm³/mol. The lowest BCUT2D eigenvalue weighted by Crippen LogP contribution is -2.44. The van der Waals surface area contributed by atoms with E-state index in [2.05, 4.69) is 10.6 Å². The number of phenolic OH excluding ortho intramolecular Hbond substituents is 1. The van der Waals surface area contributed by atoms with Crippen LogP contribution in [0.25, 0.3) is 5.70 Å². The van der Waals surface area contributed by atoms with E-state index >= 15 is 0 Å². The lowest BCUT2D eigenvalue weighted by molar-refractivity contribution is -0.113. The third-order valence-corrected chi connectivity index (χ3v) is 3.76. The minimum atomic E-state index is -0.697. The number of ketones is 1. The molecule has 0 radical (unpaired) electrons. The molecule has 3 rings (SSSR count). The van der Waals surface area contributed by atoms with Gasteiger partial charge in [-0.3, -0.25) is 4.79 Å². The first-order valence-electron chi connectivity index (χ1n) is 7.24. The predicted octanol–water partition coefficient (Wildman–Crippen LogP) is 2.75. The number of rotatable bonds is 3. The van der Waals surface area contributed by atoms with Crippen molar-refractivity contribution in [1.29, 1.82) is 0 Å². The van der Waals surface area contributed by atoms with Gasteiger partial charge in [-0.25, -0.2) is 4.79 Å². The highest BCUT2D eigenvalue weighted by atomic mass is 16.3. The zero-order chi connectivity index (χ0) is 16.4. The number of amides is 2. The van der Waals surface area contributed by atoms with Crippen LogP contribution in [0.3, 0.4) is 0 Å². The van der Waals surface area contributed by atoms with Crippen molar-refractivity contribution < 1.29 is 14.7 Å². The fourth-order valence-corrected chi connectivity index (χ4v) is 2.74. The lowest BCUT2D eigenvalue weighted by atomic mass is 9.90. The molecule has 0 saturated carbocycles. The molecule has 2 aromatic carbocycles. The second-order valence-electron chi connectivity index (χ2n) is 5.30. The maximum absolute atomic E-state index is 12.3. The van der Waals surface area contributed by atoms with Crippen LogP contribution in [0.1, 0.15) is 24.1 Å². The Morgan fingerprint density at radius 3 is 2.35 bits per heavy atom. The van der Waals surface area contributed by atoms with Gasteiger partial charge in [-0.15, -0.1) is 0 Å². The van der Waals surface area contributed by atoms with Crippen LogP contribution in [0.15, 0.2) is 60.2 Å². The molecule has 23 heavy (non-hydrogen) atoms. The Morgan fingerprint density at radius 1 is 1.04 bits per heavy atom. The van der Waals surface area contributed by atoms with Crippen LogP contribution in [0.4, 0.5) is 4.79 Å². The van der Waals surface area contributed by atoms with Crippen molar-refractivity contribution in [3.05, 3.63) is 71.3 Å². The maximum atomic E-state index is 12.3. The van der Waals surface area contributed by atoms with Crippen molar-refractivity contribution in [2.24, 2.45) is 0 Å². The van der Waals surface area contributed by atoms with Gasteiger partial charge in [0.15, 0.2) is 5.78 Å². The van der Waals surface area contributed by atoms with Crippen LogP contribution in [-0.2, 0) is 4.79 Å². The Hall–Kier alpha value is -3.08. The van der Waals surface area contributed by atoms with Gasteiger partial charge >= 0.3 is 6.03 Å². The first-order valence-corrected chi connectivity index (χ1v) is 7.24. The molecule has 1 heterocycles. The van der Waals surface area contributed by atoms with Gasteiger partial charge in [0.05, 0.1) is 11.7 Å².